The lowest BCUT2D eigenvalue weighted by Crippen LogP contribution is -2.28. The van der Waals surface area contributed by atoms with Gasteiger partial charge in [-0.15, -0.1) is 0 Å². The molecule has 96 valence electrons. The summed E-state index contributed by atoms with van der Waals surface area (Å²) in [5, 5.41) is 2.92. The van der Waals surface area contributed by atoms with Crippen molar-refractivity contribution in [1.82, 2.24) is 5.32 Å². The van der Waals surface area contributed by atoms with E-state index in [0.717, 1.165) is 0 Å². The molecule has 1 amide bonds. The van der Waals surface area contributed by atoms with Gasteiger partial charge in [0.2, 0.25) is 5.91 Å². The SMILES string of the molecule is CCOC(=O)CCCNC(=O)C1C2CCCC21. The first kappa shape index (κ1) is 12.4. The van der Waals surface area contributed by atoms with Crippen molar-refractivity contribution >= 4 is 11.9 Å². The molecule has 0 aliphatic heterocycles. The number of hydrogen-bond donors (Lipinski definition) is 1. The van der Waals surface area contributed by atoms with Gasteiger partial charge < -0.3 is 10.1 Å². The second-order valence-electron chi connectivity index (χ2n) is 4.98. The topological polar surface area (TPSA) is 55.4 Å². The normalized spacial score (nSPS) is 29.6. The summed E-state index contributed by atoms with van der Waals surface area (Å²) in [6.45, 7) is 2.82. The quantitative estimate of drug-likeness (QED) is 0.564. The van der Waals surface area contributed by atoms with Gasteiger partial charge in [-0.2, -0.15) is 0 Å². The van der Waals surface area contributed by atoms with E-state index >= 15 is 0 Å². The van der Waals surface area contributed by atoms with Gasteiger partial charge in [-0.1, -0.05) is 6.42 Å². The minimum atomic E-state index is -0.176. The van der Waals surface area contributed by atoms with Crippen LogP contribution in [0.4, 0.5) is 0 Å². The van der Waals surface area contributed by atoms with Crippen LogP contribution < -0.4 is 5.32 Å². The van der Waals surface area contributed by atoms with Crippen molar-refractivity contribution < 1.29 is 14.3 Å². The molecule has 0 aromatic carbocycles. The Morgan fingerprint density at radius 1 is 1.29 bits per heavy atom. The molecule has 0 saturated heterocycles. The summed E-state index contributed by atoms with van der Waals surface area (Å²) in [5.74, 6) is 1.64. The molecule has 2 unspecified atom stereocenters. The molecule has 2 saturated carbocycles. The zero-order valence-electron chi connectivity index (χ0n) is 10.4. The number of carbonyl (C=O) groups is 2. The smallest absolute Gasteiger partial charge is 0.305 e. The third kappa shape index (κ3) is 2.99. The van der Waals surface area contributed by atoms with Crippen molar-refractivity contribution in [3.8, 4) is 0 Å². The van der Waals surface area contributed by atoms with E-state index in [1.165, 1.54) is 19.3 Å². The molecule has 2 atom stereocenters. The molecule has 2 fully saturated rings. The van der Waals surface area contributed by atoms with Crippen molar-refractivity contribution in [3.63, 3.8) is 0 Å². The Hall–Kier alpha value is -1.06. The number of fused-ring (bicyclic) bond motifs is 1. The number of esters is 1. The molecule has 0 spiro atoms. The predicted molar refractivity (Wildman–Crippen MR) is 63.2 cm³/mol. The first-order chi connectivity index (χ1) is 8.24. The second kappa shape index (κ2) is 5.52. The number of rotatable bonds is 6. The average molecular weight is 239 g/mol. The number of hydrogen-bond acceptors (Lipinski definition) is 3. The van der Waals surface area contributed by atoms with Crippen LogP contribution in [0.5, 0.6) is 0 Å². The van der Waals surface area contributed by atoms with Gasteiger partial charge in [0.15, 0.2) is 0 Å². The summed E-state index contributed by atoms with van der Waals surface area (Å²) >= 11 is 0. The summed E-state index contributed by atoms with van der Waals surface area (Å²) in [6, 6.07) is 0. The minimum absolute atomic E-state index is 0.176. The Morgan fingerprint density at radius 2 is 2.00 bits per heavy atom. The summed E-state index contributed by atoms with van der Waals surface area (Å²) in [7, 11) is 0. The highest BCUT2D eigenvalue weighted by Gasteiger charge is 2.56. The lowest BCUT2D eigenvalue weighted by Gasteiger charge is -2.06. The van der Waals surface area contributed by atoms with E-state index in [2.05, 4.69) is 5.32 Å². The predicted octanol–water partition coefficient (Wildman–Crippen LogP) is 1.49. The zero-order valence-corrected chi connectivity index (χ0v) is 10.4. The van der Waals surface area contributed by atoms with E-state index < -0.39 is 0 Å². The van der Waals surface area contributed by atoms with Crippen LogP contribution in [0.2, 0.25) is 0 Å². The molecule has 0 aromatic rings. The van der Waals surface area contributed by atoms with Crippen molar-refractivity contribution in [1.29, 1.82) is 0 Å². The van der Waals surface area contributed by atoms with E-state index in [0.29, 0.717) is 37.8 Å². The largest absolute Gasteiger partial charge is 0.466 e. The first-order valence-corrected chi connectivity index (χ1v) is 6.67. The van der Waals surface area contributed by atoms with Crippen molar-refractivity contribution in [2.45, 2.75) is 39.0 Å². The summed E-state index contributed by atoms with van der Waals surface area (Å²) in [4.78, 5) is 22.8. The molecule has 2 rings (SSSR count). The molecule has 1 N–H and O–H groups in total. The molecule has 2 aliphatic carbocycles. The van der Waals surface area contributed by atoms with Gasteiger partial charge in [-0.25, -0.2) is 0 Å². The fourth-order valence-electron chi connectivity index (χ4n) is 3.01. The molecule has 17 heavy (non-hydrogen) atoms. The van der Waals surface area contributed by atoms with Crippen LogP contribution in [-0.2, 0) is 14.3 Å². The van der Waals surface area contributed by atoms with Crippen LogP contribution in [0.1, 0.15) is 39.0 Å². The maximum absolute atomic E-state index is 11.8. The third-order valence-electron chi connectivity index (χ3n) is 3.87. The van der Waals surface area contributed by atoms with Crippen LogP contribution in [0.3, 0.4) is 0 Å². The number of amides is 1. The third-order valence-corrected chi connectivity index (χ3v) is 3.87. The van der Waals surface area contributed by atoms with Gasteiger partial charge >= 0.3 is 5.97 Å². The Kier molecular flexibility index (Phi) is 4.02. The molecule has 0 bridgehead atoms. The summed E-state index contributed by atoms with van der Waals surface area (Å²) in [5.41, 5.74) is 0. The Balaban J connectivity index is 1.54. The fraction of sp³-hybridized carbons (Fsp3) is 0.846. The number of ether oxygens (including phenoxy) is 1. The van der Waals surface area contributed by atoms with Crippen molar-refractivity contribution in [2.75, 3.05) is 13.2 Å². The Morgan fingerprint density at radius 3 is 2.65 bits per heavy atom. The average Bonchev–Trinajstić information content (AvgIpc) is 2.79. The molecule has 0 heterocycles. The van der Waals surface area contributed by atoms with Crippen molar-refractivity contribution in [3.05, 3.63) is 0 Å². The van der Waals surface area contributed by atoms with Gasteiger partial charge in [0.1, 0.15) is 0 Å². The summed E-state index contributed by atoms with van der Waals surface area (Å²) in [6.07, 6.45) is 4.82. The monoisotopic (exact) mass is 239 g/mol. The van der Waals surface area contributed by atoms with E-state index in [1.807, 2.05) is 0 Å². The van der Waals surface area contributed by atoms with E-state index in [-0.39, 0.29) is 17.8 Å². The lowest BCUT2D eigenvalue weighted by molar-refractivity contribution is -0.143. The number of nitrogens with one attached hydrogen (secondary N) is 1. The standard InChI is InChI=1S/C13H21NO3/c1-2-17-11(15)7-4-8-14-13(16)12-9-5-3-6-10(9)12/h9-10,12H,2-8H2,1H3,(H,14,16). The Bertz CT molecular complexity index is 293. The van der Waals surface area contributed by atoms with Crippen LogP contribution in [0.25, 0.3) is 0 Å². The highest BCUT2D eigenvalue weighted by atomic mass is 16.5. The van der Waals surface area contributed by atoms with E-state index in [9.17, 15) is 9.59 Å². The van der Waals surface area contributed by atoms with Crippen molar-refractivity contribution in [2.24, 2.45) is 17.8 Å². The maximum atomic E-state index is 11.8. The van der Waals surface area contributed by atoms with Gasteiger partial charge in [0, 0.05) is 18.9 Å². The molecule has 0 radical (unpaired) electrons. The van der Waals surface area contributed by atoms with Gasteiger partial charge in [0.05, 0.1) is 6.61 Å². The molecular formula is C13H21NO3. The second-order valence-corrected chi connectivity index (χ2v) is 4.98. The molecule has 4 nitrogen and oxygen atoms in total. The Labute approximate surface area is 102 Å². The van der Waals surface area contributed by atoms with Crippen LogP contribution in [0.15, 0.2) is 0 Å². The van der Waals surface area contributed by atoms with E-state index in [4.69, 9.17) is 4.74 Å². The summed E-state index contributed by atoms with van der Waals surface area (Å²) < 4.78 is 4.82. The molecule has 2 aliphatic rings. The fourth-order valence-corrected chi connectivity index (χ4v) is 3.01. The zero-order chi connectivity index (χ0) is 12.3. The first-order valence-electron chi connectivity index (χ1n) is 6.67. The highest BCUT2D eigenvalue weighted by Crippen LogP contribution is 2.57. The minimum Gasteiger partial charge on any atom is -0.466 e. The molecular weight excluding hydrogens is 218 g/mol. The van der Waals surface area contributed by atoms with E-state index in [1.54, 1.807) is 6.92 Å². The lowest BCUT2D eigenvalue weighted by atomic mass is 10.1. The van der Waals surface area contributed by atoms with Gasteiger partial charge in [-0.3, -0.25) is 9.59 Å². The maximum Gasteiger partial charge on any atom is 0.305 e. The van der Waals surface area contributed by atoms with Gasteiger partial charge in [0.25, 0.3) is 0 Å². The van der Waals surface area contributed by atoms with Gasteiger partial charge in [-0.05, 0) is 38.0 Å². The molecule has 0 aromatic heterocycles. The highest BCUT2D eigenvalue weighted by molar-refractivity contribution is 5.82. The van der Waals surface area contributed by atoms with Crippen LogP contribution in [0, 0.1) is 17.8 Å². The van der Waals surface area contributed by atoms with Crippen LogP contribution >= 0.6 is 0 Å². The molecule has 4 heteroatoms. The van der Waals surface area contributed by atoms with Crippen LogP contribution in [-0.4, -0.2) is 25.0 Å². The number of carbonyl (C=O) groups excluding carboxylic acids is 2.